The highest BCUT2D eigenvalue weighted by Gasteiger charge is 1.72. The van der Waals surface area contributed by atoms with E-state index in [1.54, 1.807) is 0 Å². The lowest BCUT2D eigenvalue weighted by Crippen LogP contribution is -1.62. The van der Waals surface area contributed by atoms with Crippen molar-refractivity contribution in [3.63, 3.8) is 0 Å². The summed E-state index contributed by atoms with van der Waals surface area (Å²) in [6, 6.07) is 12.7. The van der Waals surface area contributed by atoms with E-state index in [4.69, 9.17) is 10.5 Å². The molecule has 62 valence electrons. The fourth-order valence-corrected chi connectivity index (χ4v) is 0.534. The summed E-state index contributed by atoms with van der Waals surface area (Å²) in [6.07, 6.45) is 0. The lowest BCUT2D eigenvalue weighted by molar-refractivity contribution is 1.48. The Labute approximate surface area is 82.8 Å². The molecule has 0 aromatic heterocycles. The molecule has 1 aromatic carbocycles. The molecule has 2 nitrogen and oxygen atoms in total. The molecule has 1 rings (SSSR count). The molecule has 0 aliphatic carbocycles. The zero-order valence-electron chi connectivity index (χ0n) is 6.69. The molecule has 0 aliphatic rings. The van der Waals surface area contributed by atoms with Gasteiger partial charge in [-0.15, -0.1) is 17.0 Å². The van der Waals surface area contributed by atoms with E-state index >= 15 is 0 Å². The van der Waals surface area contributed by atoms with Gasteiger partial charge in [0.25, 0.3) is 0 Å². The standard InChI is InChI=1S/C7H8.C2N2.BrH/c1-7-5-3-2-4-6-7;3-1-2-4;/h2-6H,1H3;;1H. The Morgan fingerprint density at radius 3 is 1.58 bits per heavy atom. The molecular weight excluding hydrogens is 216 g/mol. The second-order valence-corrected chi connectivity index (χ2v) is 1.88. The first kappa shape index (κ1) is 13.3. The number of benzene rings is 1. The van der Waals surface area contributed by atoms with Crippen molar-refractivity contribution in [2.45, 2.75) is 6.92 Å². The third-order valence-corrected chi connectivity index (χ3v) is 0.990. The quantitative estimate of drug-likeness (QED) is 0.681. The molecule has 0 bridgehead atoms. The third-order valence-electron chi connectivity index (χ3n) is 0.990. The van der Waals surface area contributed by atoms with E-state index in [1.807, 2.05) is 18.2 Å². The molecule has 3 heteroatoms. The smallest absolute Gasteiger partial charge is 0.181 e. The first-order valence-corrected chi connectivity index (χ1v) is 3.11. The van der Waals surface area contributed by atoms with E-state index in [1.165, 1.54) is 17.7 Å². The van der Waals surface area contributed by atoms with Gasteiger partial charge in [0.15, 0.2) is 12.1 Å². The summed E-state index contributed by atoms with van der Waals surface area (Å²) in [5.41, 5.74) is 1.32. The molecule has 0 spiro atoms. The van der Waals surface area contributed by atoms with E-state index < -0.39 is 0 Å². The van der Waals surface area contributed by atoms with Crippen LogP contribution in [-0.4, -0.2) is 0 Å². The lowest BCUT2D eigenvalue weighted by Gasteiger charge is -1.82. The molecule has 0 atom stereocenters. The van der Waals surface area contributed by atoms with Gasteiger partial charge in [-0.1, -0.05) is 35.9 Å². The maximum absolute atomic E-state index is 7.26. The molecule has 1 aromatic rings. The van der Waals surface area contributed by atoms with Crippen molar-refractivity contribution in [2.75, 3.05) is 0 Å². The molecule has 0 fully saturated rings. The molecular formula is C9H9BrN2. The van der Waals surface area contributed by atoms with Gasteiger partial charge in [0.2, 0.25) is 0 Å². The highest BCUT2D eigenvalue weighted by Crippen LogP contribution is 1.92. The summed E-state index contributed by atoms with van der Waals surface area (Å²) in [5.74, 6) is 0. The molecule has 0 saturated carbocycles. The Morgan fingerprint density at radius 2 is 1.42 bits per heavy atom. The van der Waals surface area contributed by atoms with Crippen LogP contribution in [-0.2, 0) is 0 Å². The third kappa shape index (κ3) is 8.68. The van der Waals surface area contributed by atoms with Crippen molar-refractivity contribution < 1.29 is 0 Å². The first-order chi connectivity index (χ1) is 5.31. The topological polar surface area (TPSA) is 47.6 Å². The Hall–Kier alpha value is -1.32. The predicted molar refractivity (Wildman–Crippen MR) is 52.7 cm³/mol. The zero-order chi connectivity index (χ0) is 8.53. The van der Waals surface area contributed by atoms with Gasteiger partial charge in [0.1, 0.15) is 0 Å². The summed E-state index contributed by atoms with van der Waals surface area (Å²) in [7, 11) is 0. The Morgan fingerprint density at radius 1 is 1.00 bits per heavy atom. The average molecular weight is 225 g/mol. The Balaban J connectivity index is 0. The van der Waals surface area contributed by atoms with Gasteiger partial charge in [0, 0.05) is 0 Å². The molecule has 0 unspecified atom stereocenters. The van der Waals surface area contributed by atoms with Gasteiger partial charge in [-0.2, -0.15) is 10.5 Å². The molecule has 0 aliphatic heterocycles. The highest BCUT2D eigenvalue weighted by molar-refractivity contribution is 8.93. The predicted octanol–water partition coefficient (Wildman–Crippen LogP) is 2.61. The summed E-state index contributed by atoms with van der Waals surface area (Å²) >= 11 is 0. The van der Waals surface area contributed by atoms with Gasteiger partial charge in [-0.3, -0.25) is 0 Å². The number of nitriles is 2. The summed E-state index contributed by atoms with van der Waals surface area (Å²) < 4.78 is 0. The van der Waals surface area contributed by atoms with Crippen LogP contribution in [0.15, 0.2) is 30.3 Å². The van der Waals surface area contributed by atoms with Crippen molar-refractivity contribution in [2.24, 2.45) is 0 Å². The SMILES string of the molecule is Br.Cc1ccccc1.N#CC#N. The van der Waals surface area contributed by atoms with E-state index in [9.17, 15) is 0 Å². The van der Waals surface area contributed by atoms with Crippen molar-refractivity contribution in [3.8, 4) is 12.1 Å². The minimum Gasteiger partial charge on any atom is -0.181 e. The summed E-state index contributed by atoms with van der Waals surface area (Å²) in [6.45, 7) is 2.08. The maximum atomic E-state index is 7.26. The summed E-state index contributed by atoms with van der Waals surface area (Å²) in [4.78, 5) is 0. The Bertz CT molecular complexity index is 257. The van der Waals surface area contributed by atoms with Crippen LogP contribution in [0.4, 0.5) is 0 Å². The van der Waals surface area contributed by atoms with Crippen LogP contribution < -0.4 is 0 Å². The lowest BCUT2D eigenvalue weighted by atomic mass is 10.2. The van der Waals surface area contributed by atoms with E-state index in [2.05, 4.69) is 19.1 Å². The second-order valence-electron chi connectivity index (χ2n) is 1.88. The van der Waals surface area contributed by atoms with Gasteiger partial charge in [-0.25, -0.2) is 0 Å². The molecule has 0 saturated heterocycles. The highest BCUT2D eigenvalue weighted by atomic mass is 79.9. The molecule has 0 N–H and O–H groups in total. The molecule has 0 radical (unpaired) electrons. The monoisotopic (exact) mass is 224 g/mol. The fourth-order valence-electron chi connectivity index (χ4n) is 0.534. The van der Waals surface area contributed by atoms with Crippen LogP contribution in [0.2, 0.25) is 0 Å². The number of hydrogen-bond acceptors (Lipinski definition) is 2. The average Bonchev–Trinajstić information content (AvgIpc) is 2.07. The fraction of sp³-hybridized carbons (Fsp3) is 0.111. The molecule has 0 amide bonds. The van der Waals surface area contributed by atoms with Crippen molar-refractivity contribution in [1.29, 1.82) is 10.5 Å². The van der Waals surface area contributed by atoms with Crippen LogP contribution in [0.3, 0.4) is 0 Å². The Kier molecular flexibility index (Phi) is 10.7. The van der Waals surface area contributed by atoms with E-state index in [0.717, 1.165) is 0 Å². The minimum absolute atomic E-state index is 0. The van der Waals surface area contributed by atoms with E-state index in [-0.39, 0.29) is 17.0 Å². The van der Waals surface area contributed by atoms with Crippen molar-refractivity contribution >= 4 is 17.0 Å². The number of hydrogen-bond donors (Lipinski definition) is 0. The normalized spacial score (nSPS) is 5.92. The van der Waals surface area contributed by atoms with E-state index in [0.29, 0.717) is 0 Å². The number of halogens is 1. The van der Waals surface area contributed by atoms with Gasteiger partial charge < -0.3 is 0 Å². The number of rotatable bonds is 0. The van der Waals surface area contributed by atoms with Crippen LogP contribution in [0.25, 0.3) is 0 Å². The van der Waals surface area contributed by atoms with Gasteiger partial charge in [-0.05, 0) is 6.92 Å². The first-order valence-electron chi connectivity index (χ1n) is 3.11. The van der Waals surface area contributed by atoms with Crippen LogP contribution >= 0.6 is 17.0 Å². The van der Waals surface area contributed by atoms with Crippen LogP contribution in [0.1, 0.15) is 5.56 Å². The van der Waals surface area contributed by atoms with Crippen LogP contribution in [0, 0.1) is 29.6 Å². The van der Waals surface area contributed by atoms with Crippen molar-refractivity contribution in [1.82, 2.24) is 0 Å². The maximum Gasteiger partial charge on any atom is 0.181 e. The molecule has 12 heavy (non-hydrogen) atoms. The largest absolute Gasteiger partial charge is 0.181 e. The zero-order valence-corrected chi connectivity index (χ0v) is 8.40. The second kappa shape index (κ2) is 9.68. The van der Waals surface area contributed by atoms with Crippen molar-refractivity contribution in [3.05, 3.63) is 35.9 Å². The minimum atomic E-state index is 0. The number of aryl methyl sites for hydroxylation is 1. The number of nitrogens with zero attached hydrogens (tertiary/aromatic N) is 2. The summed E-state index contributed by atoms with van der Waals surface area (Å²) in [5, 5.41) is 14.5. The van der Waals surface area contributed by atoms with Gasteiger partial charge >= 0.3 is 0 Å². The van der Waals surface area contributed by atoms with Crippen LogP contribution in [0.5, 0.6) is 0 Å². The van der Waals surface area contributed by atoms with Gasteiger partial charge in [0.05, 0.1) is 0 Å². The molecule has 0 heterocycles.